The van der Waals surface area contributed by atoms with Gasteiger partial charge in [0.25, 0.3) is 5.91 Å². The van der Waals surface area contributed by atoms with E-state index < -0.39 is 12.1 Å². The first kappa shape index (κ1) is 17.0. The fraction of sp³-hybridized carbons (Fsp3) is 0.263. The summed E-state index contributed by atoms with van der Waals surface area (Å²) >= 11 is 0. The highest BCUT2D eigenvalue weighted by Crippen LogP contribution is 2.28. The van der Waals surface area contributed by atoms with Crippen LogP contribution in [0.15, 0.2) is 48.5 Å². The van der Waals surface area contributed by atoms with Gasteiger partial charge in [-0.3, -0.25) is 4.79 Å². The summed E-state index contributed by atoms with van der Waals surface area (Å²) in [4.78, 5) is 26.0. The van der Waals surface area contributed by atoms with Gasteiger partial charge in [0.05, 0.1) is 0 Å². The second kappa shape index (κ2) is 7.34. The van der Waals surface area contributed by atoms with Gasteiger partial charge >= 0.3 is 5.97 Å². The number of benzene rings is 2. The van der Waals surface area contributed by atoms with E-state index in [4.69, 9.17) is 9.47 Å². The first-order valence-corrected chi connectivity index (χ1v) is 8.02. The fourth-order valence-electron chi connectivity index (χ4n) is 2.74. The molecular formula is C19H18FNO4. The van der Waals surface area contributed by atoms with E-state index in [-0.39, 0.29) is 18.3 Å². The first-order chi connectivity index (χ1) is 12.0. The molecule has 130 valence electrons. The average Bonchev–Trinajstić information content (AvgIpc) is 3.04. The van der Waals surface area contributed by atoms with E-state index in [0.29, 0.717) is 12.3 Å². The Labute approximate surface area is 145 Å². The number of esters is 1. The summed E-state index contributed by atoms with van der Waals surface area (Å²) in [5.74, 6) is -0.955. The van der Waals surface area contributed by atoms with E-state index in [1.165, 1.54) is 24.3 Å². The standard InChI is InChI=1S/C19H18FNO4/c1-13(19(23)21-11-10-14-4-2-3-5-17(14)21)25-18(22)12-24-16-8-6-15(20)7-9-16/h2-9,13H,10-12H2,1H3/t13-/m1/s1. The lowest BCUT2D eigenvalue weighted by Crippen LogP contribution is -2.39. The van der Waals surface area contributed by atoms with E-state index in [0.717, 1.165) is 17.7 Å². The molecule has 0 bridgehead atoms. The molecule has 2 aromatic rings. The van der Waals surface area contributed by atoms with Crippen LogP contribution in [0.4, 0.5) is 10.1 Å². The number of anilines is 1. The molecule has 1 aliphatic heterocycles. The highest BCUT2D eigenvalue weighted by molar-refractivity contribution is 5.99. The van der Waals surface area contributed by atoms with Crippen molar-refractivity contribution >= 4 is 17.6 Å². The number of para-hydroxylation sites is 1. The molecule has 0 unspecified atom stereocenters. The average molecular weight is 343 g/mol. The summed E-state index contributed by atoms with van der Waals surface area (Å²) in [6.07, 6.45) is -0.119. The predicted molar refractivity (Wildman–Crippen MR) is 89.9 cm³/mol. The Balaban J connectivity index is 1.53. The number of rotatable bonds is 5. The molecule has 5 nitrogen and oxygen atoms in total. The molecule has 1 atom stereocenters. The molecule has 0 N–H and O–H groups in total. The van der Waals surface area contributed by atoms with Gasteiger partial charge in [-0.15, -0.1) is 0 Å². The number of amides is 1. The van der Waals surface area contributed by atoms with Gasteiger partial charge in [0, 0.05) is 12.2 Å². The van der Waals surface area contributed by atoms with Gasteiger partial charge in [-0.2, -0.15) is 0 Å². The van der Waals surface area contributed by atoms with Gasteiger partial charge in [0.1, 0.15) is 11.6 Å². The van der Waals surface area contributed by atoms with Gasteiger partial charge in [0.15, 0.2) is 12.7 Å². The Kier molecular flexibility index (Phi) is 4.97. The van der Waals surface area contributed by atoms with Crippen LogP contribution in [-0.4, -0.2) is 31.1 Å². The minimum Gasteiger partial charge on any atom is -0.482 e. The molecule has 1 amide bonds. The monoisotopic (exact) mass is 343 g/mol. The van der Waals surface area contributed by atoms with Crippen LogP contribution in [0.2, 0.25) is 0 Å². The van der Waals surface area contributed by atoms with Crippen molar-refractivity contribution in [1.82, 2.24) is 0 Å². The van der Waals surface area contributed by atoms with Crippen LogP contribution in [0.3, 0.4) is 0 Å². The third-order valence-electron chi connectivity index (χ3n) is 3.98. The van der Waals surface area contributed by atoms with Crippen molar-refractivity contribution in [3.63, 3.8) is 0 Å². The maximum Gasteiger partial charge on any atom is 0.344 e. The maximum absolute atomic E-state index is 12.8. The van der Waals surface area contributed by atoms with Crippen LogP contribution in [0, 0.1) is 5.82 Å². The van der Waals surface area contributed by atoms with Crippen LogP contribution in [-0.2, 0) is 20.7 Å². The highest BCUT2D eigenvalue weighted by Gasteiger charge is 2.29. The zero-order valence-corrected chi connectivity index (χ0v) is 13.8. The number of halogens is 1. The number of ether oxygens (including phenoxy) is 2. The molecule has 0 saturated carbocycles. The number of fused-ring (bicyclic) bond motifs is 1. The van der Waals surface area contributed by atoms with Crippen molar-refractivity contribution in [2.75, 3.05) is 18.1 Å². The maximum atomic E-state index is 12.8. The molecule has 0 aromatic heterocycles. The minimum atomic E-state index is -0.907. The lowest BCUT2D eigenvalue weighted by Gasteiger charge is -2.21. The van der Waals surface area contributed by atoms with Crippen LogP contribution >= 0.6 is 0 Å². The summed E-state index contributed by atoms with van der Waals surface area (Å²) in [5, 5.41) is 0. The third kappa shape index (κ3) is 3.96. The number of carbonyl (C=O) groups is 2. The predicted octanol–water partition coefficient (Wildman–Crippen LogP) is 2.73. The molecular weight excluding hydrogens is 325 g/mol. The molecule has 1 heterocycles. The fourth-order valence-corrected chi connectivity index (χ4v) is 2.74. The lowest BCUT2D eigenvalue weighted by atomic mass is 10.2. The van der Waals surface area contributed by atoms with Crippen molar-refractivity contribution in [1.29, 1.82) is 0 Å². The van der Waals surface area contributed by atoms with Crippen molar-refractivity contribution in [2.45, 2.75) is 19.4 Å². The SMILES string of the molecule is C[C@@H](OC(=O)COc1ccc(F)cc1)C(=O)N1CCc2ccccc21. The van der Waals surface area contributed by atoms with Gasteiger partial charge in [-0.05, 0) is 49.2 Å². The molecule has 0 fully saturated rings. The van der Waals surface area contributed by atoms with Crippen molar-refractivity contribution < 1.29 is 23.5 Å². The number of hydrogen-bond donors (Lipinski definition) is 0. The van der Waals surface area contributed by atoms with Crippen LogP contribution in [0.1, 0.15) is 12.5 Å². The Bertz CT molecular complexity index is 775. The quantitative estimate of drug-likeness (QED) is 0.784. The molecule has 0 radical (unpaired) electrons. The van der Waals surface area contributed by atoms with Crippen molar-refractivity contribution in [3.05, 3.63) is 59.9 Å². The second-order valence-electron chi connectivity index (χ2n) is 5.74. The smallest absolute Gasteiger partial charge is 0.344 e. The molecule has 0 spiro atoms. The third-order valence-corrected chi connectivity index (χ3v) is 3.98. The number of nitrogens with zero attached hydrogens (tertiary/aromatic N) is 1. The van der Waals surface area contributed by atoms with Crippen molar-refractivity contribution in [2.24, 2.45) is 0 Å². The van der Waals surface area contributed by atoms with E-state index in [1.54, 1.807) is 11.8 Å². The van der Waals surface area contributed by atoms with Gasteiger partial charge < -0.3 is 14.4 Å². The van der Waals surface area contributed by atoms with Gasteiger partial charge in [0.2, 0.25) is 0 Å². The largest absolute Gasteiger partial charge is 0.482 e. The summed E-state index contributed by atoms with van der Waals surface area (Å²) in [6.45, 7) is 1.77. The summed E-state index contributed by atoms with van der Waals surface area (Å²) in [5.41, 5.74) is 1.96. The van der Waals surface area contributed by atoms with Crippen LogP contribution in [0.5, 0.6) is 5.75 Å². The van der Waals surface area contributed by atoms with E-state index >= 15 is 0 Å². The summed E-state index contributed by atoms with van der Waals surface area (Å²) in [6, 6.07) is 13.0. The van der Waals surface area contributed by atoms with Gasteiger partial charge in [-0.25, -0.2) is 9.18 Å². The second-order valence-corrected chi connectivity index (χ2v) is 5.74. The van der Waals surface area contributed by atoms with E-state index in [2.05, 4.69) is 0 Å². The normalized spacial score (nSPS) is 13.9. The van der Waals surface area contributed by atoms with E-state index in [9.17, 15) is 14.0 Å². The van der Waals surface area contributed by atoms with Gasteiger partial charge in [-0.1, -0.05) is 18.2 Å². The topological polar surface area (TPSA) is 55.8 Å². The summed E-state index contributed by atoms with van der Waals surface area (Å²) in [7, 11) is 0. The molecule has 0 aliphatic carbocycles. The molecule has 3 rings (SSSR count). The molecule has 2 aromatic carbocycles. The van der Waals surface area contributed by atoms with Crippen LogP contribution < -0.4 is 9.64 Å². The molecule has 0 saturated heterocycles. The summed E-state index contributed by atoms with van der Waals surface area (Å²) < 4.78 is 23.2. The first-order valence-electron chi connectivity index (χ1n) is 8.02. The highest BCUT2D eigenvalue weighted by atomic mass is 19.1. The number of hydrogen-bond acceptors (Lipinski definition) is 4. The Hall–Kier alpha value is -2.89. The molecule has 6 heteroatoms. The zero-order valence-electron chi connectivity index (χ0n) is 13.8. The Morgan fingerprint density at radius 3 is 2.64 bits per heavy atom. The van der Waals surface area contributed by atoms with E-state index in [1.807, 2.05) is 24.3 Å². The minimum absolute atomic E-state index is 0.264. The lowest BCUT2D eigenvalue weighted by molar-refractivity contribution is -0.155. The van der Waals surface area contributed by atoms with Crippen LogP contribution in [0.25, 0.3) is 0 Å². The number of carbonyl (C=O) groups excluding carboxylic acids is 2. The van der Waals surface area contributed by atoms with Crippen molar-refractivity contribution in [3.8, 4) is 5.75 Å². The Morgan fingerprint density at radius 1 is 1.16 bits per heavy atom. The Morgan fingerprint density at radius 2 is 1.88 bits per heavy atom. The molecule has 25 heavy (non-hydrogen) atoms. The molecule has 1 aliphatic rings. The zero-order chi connectivity index (χ0) is 17.8.